The normalized spacial score (nSPS) is 17.9. The molecule has 8 nitrogen and oxygen atoms in total. The highest BCUT2D eigenvalue weighted by molar-refractivity contribution is 8.03. The van der Waals surface area contributed by atoms with Crippen LogP contribution in [0, 0.1) is 10.1 Å². The Morgan fingerprint density at radius 1 is 1.25 bits per heavy atom. The summed E-state index contributed by atoms with van der Waals surface area (Å²) < 4.78 is 5.39. The predicted octanol–water partition coefficient (Wildman–Crippen LogP) is 3.04. The highest BCUT2D eigenvalue weighted by Crippen LogP contribution is 2.45. The van der Waals surface area contributed by atoms with Crippen LogP contribution in [-0.4, -0.2) is 32.7 Å². The number of β-lactam (4-membered cyclic amide) rings is 1. The van der Waals surface area contributed by atoms with Gasteiger partial charge in [0.05, 0.1) is 11.0 Å². The van der Waals surface area contributed by atoms with E-state index in [1.807, 2.05) is 18.2 Å². The summed E-state index contributed by atoms with van der Waals surface area (Å²) in [7, 11) is 0. The first-order valence-corrected chi connectivity index (χ1v) is 9.39. The van der Waals surface area contributed by atoms with Crippen molar-refractivity contribution in [2.24, 2.45) is 0 Å². The molecule has 0 bridgehead atoms. The minimum Gasteiger partial charge on any atom is -0.456 e. The van der Waals surface area contributed by atoms with Gasteiger partial charge < -0.3 is 9.64 Å². The topological polar surface area (TPSA) is 103 Å². The summed E-state index contributed by atoms with van der Waals surface area (Å²) in [6.45, 7) is -0.0332. The van der Waals surface area contributed by atoms with Crippen molar-refractivity contribution < 1.29 is 19.2 Å². The second-order valence-corrected chi connectivity index (χ2v) is 7.48. The van der Waals surface area contributed by atoms with Crippen LogP contribution >= 0.6 is 11.8 Å². The molecule has 0 saturated carbocycles. The lowest BCUT2D eigenvalue weighted by Gasteiger charge is -2.35. The van der Waals surface area contributed by atoms with E-state index in [-0.39, 0.29) is 29.9 Å². The Balaban J connectivity index is 1.50. The second-order valence-electron chi connectivity index (χ2n) is 6.37. The van der Waals surface area contributed by atoms with E-state index in [0.717, 1.165) is 9.93 Å². The summed E-state index contributed by atoms with van der Waals surface area (Å²) in [6, 6.07) is 11.3. The van der Waals surface area contributed by atoms with Gasteiger partial charge in [-0.1, -0.05) is 17.8 Å². The van der Waals surface area contributed by atoms with Crippen molar-refractivity contribution in [2.75, 3.05) is 0 Å². The molecule has 3 heterocycles. The summed E-state index contributed by atoms with van der Waals surface area (Å²) in [5.41, 5.74) is 0.874. The molecule has 1 atom stereocenters. The number of ether oxygens (including phenoxy) is 1. The average molecular weight is 397 g/mol. The smallest absolute Gasteiger partial charge is 0.356 e. The first-order chi connectivity index (χ1) is 13.5. The number of rotatable bonds is 6. The fraction of sp³-hybridized carbons (Fsp3) is 0.211. The van der Waals surface area contributed by atoms with Crippen molar-refractivity contribution in [1.29, 1.82) is 0 Å². The molecule has 0 aliphatic carbocycles. The number of thioether (sulfide) groups is 1. The van der Waals surface area contributed by atoms with Crippen molar-refractivity contribution in [3.05, 3.63) is 74.9 Å². The van der Waals surface area contributed by atoms with Crippen LogP contribution in [0.4, 0.5) is 5.69 Å². The van der Waals surface area contributed by atoms with E-state index >= 15 is 0 Å². The van der Waals surface area contributed by atoms with Crippen molar-refractivity contribution in [2.45, 2.75) is 30.5 Å². The number of amides is 1. The first kappa shape index (κ1) is 18.2. The molecular weight excluding hydrogens is 382 g/mol. The second kappa shape index (κ2) is 7.43. The molecule has 4 rings (SSSR count). The number of pyridine rings is 1. The van der Waals surface area contributed by atoms with Gasteiger partial charge in [-0.2, -0.15) is 0 Å². The SMILES string of the molecule is O=C(OCc1ccc([N+](=O)[O-])cc1)C1=C(Sc2ccccn2)CC2CC(=O)N12. The van der Waals surface area contributed by atoms with Crippen LogP contribution < -0.4 is 0 Å². The minimum atomic E-state index is -0.577. The van der Waals surface area contributed by atoms with Crippen molar-refractivity contribution in [1.82, 2.24) is 9.88 Å². The molecule has 1 amide bonds. The number of carbonyl (C=O) groups is 2. The van der Waals surface area contributed by atoms with Gasteiger partial charge >= 0.3 is 5.97 Å². The number of benzene rings is 1. The zero-order chi connectivity index (χ0) is 19.7. The Kier molecular flexibility index (Phi) is 4.82. The maximum atomic E-state index is 12.7. The number of fused-ring (bicyclic) bond motifs is 1. The number of nitro benzene ring substituents is 1. The van der Waals surface area contributed by atoms with Gasteiger partial charge in [0.15, 0.2) is 0 Å². The number of nitro groups is 1. The van der Waals surface area contributed by atoms with E-state index in [0.29, 0.717) is 18.4 Å². The Morgan fingerprint density at radius 2 is 2.04 bits per heavy atom. The Bertz CT molecular complexity index is 975. The van der Waals surface area contributed by atoms with Crippen LogP contribution in [-0.2, 0) is 20.9 Å². The molecule has 0 radical (unpaired) electrons. The number of hydrogen-bond acceptors (Lipinski definition) is 7. The molecule has 1 unspecified atom stereocenters. The molecule has 0 spiro atoms. The number of carbonyl (C=O) groups excluding carboxylic acids is 2. The molecule has 1 aromatic heterocycles. The lowest BCUT2D eigenvalue weighted by molar-refractivity contribution is -0.384. The fourth-order valence-corrected chi connectivity index (χ4v) is 4.23. The van der Waals surface area contributed by atoms with E-state index in [2.05, 4.69) is 4.98 Å². The third-order valence-corrected chi connectivity index (χ3v) is 5.60. The Morgan fingerprint density at radius 3 is 2.68 bits per heavy atom. The molecule has 0 N–H and O–H groups in total. The lowest BCUT2D eigenvalue weighted by Crippen LogP contribution is -2.49. The van der Waals surface area contributed by atoms with E-state index in [9.17, 15) is 19.7 Å². The highest BCUT2D eigenvalue weighted by Gasteiger charge is 2.48. The zero-order valence-electron chi connectivity index (χ0n) is 14.6. The van der Waals surface area contributed by atoms with Gasteiger partial charge in [0.2, 0.25) is 5.91 Å². The third kappa shape index (κ3) is 3.48. The lowest BCUT2D eigenvalue weighted by atomic mass is 10.0. The molecule has 2 aromatic rings. The highest BCUT2D eigenvalue weighted by atomic mass is 32.2. The van der Waals surface area contributed by atoms with E-state index in [4.69, 9.17) is 4.74 Å². The van der Waals surface area contributed by atoms with Crippen LogP contribution in [0.5, 0.6) is 0 Å². The maximum Gasteiger partial charge on any atom is 0.356 e. The molecular formula is C19H15N3O5S. The van der Waals surface area contributed by atoms with Crippen molar-refractivity contribution >= 4 is 29.3 Å². The largest absolute Gasteiger partial charge is 0.456 e. The summed E-state index contributed by atoms with van der Waals surface area (Å²) in [5.74, 6) is -0.670. The summed E-state index contributed by atoms with van der Waals surface area (Å²) in [4.78, 5) is 41.5. The maximum absolute atomic E-state index is 12.7. The molecule has 28 heavy (non-hydrogen) atoms. The summed E-state index contributed by atoms with van der Waals surface area (Å²) in [6.07, 6.45) is 2.70. The zero-order valence-corrected chi connectivity index (χ0v) is 15.4. The van der Waals surface area contributed by atoms with E-state index < -0.39 is 10.9 Å². The number of non-ortho nitro benzene ring substituents is 1. The van der Waals surface area contributed by atoms with E-state index in [1.165, 1.54) is 40.9 Å². The third-order valence-electron chi connectivity index (χ3n) is 4.55. The molecule has 142 valence electrons. The molecule has 2 aliphatic heterocycles. The number of hydrogen-bond donors (Lipinski definition) is 0. The Labute approximate surface area is 164 Å². The van der Waals surface area contributed by atoms with Gasteiger partial charge in [-0.05, 0) is 29.8 Å². The average Bonchev–Trinajstić information content (AvgIpc) is 2.99. The van der Waals surface area contributed by atoms with Crippen LogP contribution in [0.15, 0.2) is 64.3 Å². The summed E-state index contributed by atoms with van der Waals surface area (Å²) >= 11 is 1.36. The standard InChI is InChI=1S/C19H15N3O5S/c23-17-10-14-9-15(28-16-3-1-2-8-20-16)18(21(14)17)19(24)27-11-12-4-6-13(7-5-12)22(25)26/h1-8,14H,9-11H2. The molecule has 1 saturated heterocycles. The van der Waals surface area contributed by atoms with Gasteiger partial charge in [0, 0.05) is 36.1 Å². The number of esters is 1. The van der Waals surface area contributed by atoms with Gasteiger partial charge in [-0.15, -0.1) is 0 Å². The molecule has 1 aromatic carbocycles. The fourth-order valence-electron chi connectivity index (χ4n) is 3.17. The Hall–Kier alpha value is -3.20. The van der Waals surface area contributed by atoms with Crippen molar-refractivity contribution in [3.63, 3.8) is 0 Å². The molecule has 9 heteroatoms. The van der Waals surface area contributed by atoms with Crippen LogP contribution in [0.2, 0.25) is 0 Å². The van der Waals surface area contributed by atoms with Crippen LogP contribution in [0.3, 0.4) is 0 Å². The van der Waals surface area contributed by atoms with Gasteiger partial charge in [0.1, 0.15) is 17.3 Å². The van der Waals surface area contributed by atoms with Crippen molar-refractivity contribution in [3.8, 4) is 0 Å². The summed E-state index contributed by atoms with van der Waals surface area (Å²) in [5, 5.41) is 11.5. The first-order valence-electron chi connectivity index (χ1n) is 8.57. The van der Waals surface area contributed by atoms with Gasteiger partial charge in [-0.25, -0.2) is 9.78 Å². The molecule has 1 fully saturated rings. The van der Waals surface area contributed by atoms with Crippen LogP contribution in [0.1, 0.15) is 18.4 Å². The predicted molar refractivity (Wildman–Crippen MR) is 99.9 cm³/mol. The van der Waals surface area contributed by atoms with Gasteiger partial charge in [0.25, 0.3) is 5.69 Å². The number of aromatic nitrogens is 1. The monoisotopic (exact) mass is 397 g/mol. The van der Waals surface area contributed by atoms with E-state index in [1.54, 1.807) is 6.20 Å². The minimum absolute atomic E-state index is 0.000590. The van der Waals surface area contributed by atoms with Gasteiger partial charge in [-0.3, -0.25) is 14.9 Å². The number of nitrogens with zero attached hydrogens (tertiary/aromatic N) is 3. The van der Waals surface area contributed by atoms with Crippen LogP contribution in [0.25, 0.3) is 0 Å². The quantitative estimate of drug-likeness (QED) is 0.319. The molecule has 2 aliphatic rings.